The van der Waals surface area contributed by atoms with Crippen molar-refractivity contribution >= 4 is 35.5 Å². The number of nitrogens with zero attached hydrogens (tertiary/aromatic N) is 1. The molecule has 0 saturated carbocycles. The average Bonchev–Trinajstić information content (AvgIpc) is 3.59. The van der Waals surface area contributed by atoms with Crippen molar-refractivity contribution in [2.45, 2.75) is 105 Å². The van der Waals surface area contributed by atoms with Gasteiger partial charge in [-0.3, -0.25) is 24.2 Å². The van der Waals surface area contributed by atoms with Crippen LogP contribution in [0.25, 0.3) is 6.08 Å². The van der Waals surface area contributed by atoms with Gasteiger partial charge in [0, 0.05) is 53.9 Å². The Kier molecular flexibility index (Phi) is 9.57. The number of aliphatic imine (C=N–C) groups is 1. The number of allylic oxidation sites excluding steroid dienone is 2. The van der Waals surface area contributed by atoms with Gasteiger partial charge in [-0.15, -0.1) is 0 Å². The molecule has 43 heavy (non-hydrogen) atoms. The Morgan fingerprint density at radius 1 is 0.837 bits per heavy atom. The fraction of sp³-hybridized carbons (Fsp3) is 0.485. The number of hydrogen-bond acceptors (Lipinski definition) is 5. The minimum absolute atomic E-state index is 0.0459. The lowest BCUT2D eigenvalue weighted by Crippen LogP contribution is -2.31. The third-order valence-corrected chi connectivity index (χ3v) is 9.09. The van der Waals surface area contributed by atoms with E-state index in [0.717, 1.165) is 68.1 Å². The summed E-state index contributed by atoms with van der Waals surface area (Å²) in [5.74, 6) is -1.93. The molecule has 4 heterocycles. The maximum Gasteiger partial charge on any atom is 0.303 e. The number of H-pyrrole nitrogens is 1. The van der Waals surface area contributed by atoms with E-state index in [1.54, 1.807) is 0 Å². The van der Waals surface area contributed by atoms with Crippen molar-refractivity contribution in [1.29, 1.82) is 0 Å². The zero-order valence-corrected chi connectivity index (χ0v) is 25.9. The Morgan fingerprint density at radius 2 is 1.49 bits per heavy atom. The van der Waals surface area contributed by atoms with Gasteiger partial charge in [-0.05, 0) is 92.9 Å². The van der Waals surface area contributed by atoms with Crippen molar-refractivity contribution in [3.63, 3.8) is 0 Å². The Bertz CT molecular complexity index is 1530. The van der Waals surface area contributed by atoms with E-state index in [4.69, 9.17) is 4.99 Å². The molecule has 0 fully saturated rings. The lowest BCUT2D eigenvalue weighted by atomic mass is 9.95. The summed E-state index contributed by atoms with van der Waals surface area (Å²) in [5, 5.41) is 25.0. The van der Waals surface area contributed by atoms with Crippen molar-refractivity contribution in [1.82, 2.24) is 15.6 Å². The number of carboxylic acid groups (broad SMARTS) is 2. The molecule has 0 unspecified atom stereocenters. The molecular formula is C33H42N4O6. The van der Waals surface area contributed by atoms with Gasteiger partial charge in [0.1, 0.15) is 0 Å². The fourth-order valence-electron chi connectivity index (χ4n) is 6.49. The van der Waals surface area contributed by atoms with E-state index >= 15 is 0 Å². The molecule has 0 bridgehead atoms. The number of aliphatic carboxylic acids is 2. The number of nitrogens with one attached hydrogen (secondary N) is 3. The molecule has 2 atom stereocenters. The predicted octanol–water partition coefficient (Wildman–Crippen LogP) is 4.70. The van der Waals surface area contributed by atoms with E-state index in [2.05, 4.69) is 15.6 Å². The summed E-state index contributed by atoms with van der Waals surface area (Å²) in [6, 6.07) is -0.314. The van der Waals surface area contributed by atoms with Crippen molar-refractivity contribution in [3.8, 4) is 0 Å². The summed E-state index contributed by atoms with van der Waals surface area (Å²) in [4.78, 5) is 56.3. The molecule has 3 aliphatic heterocycles. The quantitative estimate of drug-likeness (QED) is 0.224. The van der Waals surface area contributed by atoms with Gasteiger partial charge < -0.3 is 25.8 Å². The molecule has 4 rings (SSSR count). The van der Waals surface area contributed by atoms with Gasteiger partial charge >= 0.3 is 11.9 Å². The van der Waals surface area contributed by atoms with Crippen LogP contribution in [0.4, 0.5) is 0 Å². The topological polar surface area (TPSA) is 161 Å². The molecule has 0 saturated heterocycles. The van der Waals surface area contributed by atoms with Crippen LogP contribution in [0.5, 0.6) is 0 Å². The van der Waals surface area contributed by atoms with Gasteiger partial charge in [0.25, 0.3) is 0 Å². The smallest absolute Gasteiger partial charge is 0.303 e. The average molecular weight is 591 g/mol. The maximum absolute atomic E-state index is 12.4. The van der Waals surface area contributed by atoms with Crippen LogP contribution in [0.2, 0.25) is 0 Å². The van der Waals surface area contributed by atoms with Crippen LogP contribution in [0.15, 0.2) is 44.1 Å². The van der Waals surface area contributed by atoms with Crippen LogP contribution in [0.1, 0.15) is 95.7 Å². The molecule has 0 aliphatic carbocycles. The van der Waals surface area contributed by atoms with Gasteiger partial charge in [-0.25, -0.2) is 0 Å². The highest BCUT2D eigenvalue weighted by Gasteiger charge is 2.32. The van der Waals surface area contributed by atoms with Gasteiger partial charge in [0.05, 0.1) is 17.8 Å². The summed E-state index contributed by atoms with van der Waals surface area (Å²) >= 11 is 0. The first-order valence-electron chi connectivity index (χ1n) is 15.0. The number of carboxylic acids is 2. The van der Waals surface area contributed by atoms with Crippen molar-refractivity contribution in [2.24, 2.45) is 4.99 Å². The Hall–Kier alpha value is -4.21. The van der Waals surface area contributed by atoms with Gasteiger partial charge in [-0.2, -0.15) is 0 Å². The maximum atomic E-state index is 12.4. The van der Waals surface area contributed by atoms with Crippen molar-refractivity contribution in [2.75, 3.05) is 0 Å². The first-order chi connectivity index (χ1) is 20.4. The van der Waals surface area contributed by atoms with E-state index in [9.17, 15) is 29.4 Å². The van der Waals surface area contributed by atoms with E-state index in [1.807, 2.05) is 47.6 Å². The minimum atomic E-state index is -0.906. The Morgan fingerprint density at radius 3 is 2.09 bits per heavy atom. The zero-order valence-electron chi connectivity index (χ0n) is 25.9. The molecule has 0 spiro atoms. The standard InChI is InChI=1S/C33H42N4O6/c1-7-20-19(6)32(42)37-27(20)14-25-18(5)23(10-12-31(40)41)29(35-25)15-28-22(9-11-30(38)39)17(4)24(34-28)13-26-16(3)21(8-2)33(43)36-26/h15,26-27,35H,7-14H2,1-6H3,(H,36,43)(H,37,42)(H,38,39)(H,40,41)/b28-15-/t26-,27+/m1/s1. The second-order valence-corrected chi connectivity index (χ2v) is 11.6. The lowest BCUT2D eigenvalue weighted by molar-refractivity contribution is -0.138. The highest BCUT2D eigenvalue weighted by atomic mass is 16.4. The molecule has 0 aromatic carbocycles. The predicted molar refractivity (Wildman–Crippen MR) is 165 cm³/mol. The number of rotatable bonds is 13. The Labute approximate surface area is 252 Å². The van der Waals surface area contributed by atoms with Crippen LogP contribution < -0.4 is 10.6 Å². The SMILES string of the molecule is CCC1=C(C)[C@@H](CC2=N/C(=C\c3[nH]c(C[C@@H]4NC(=O)C(C)=C4CC)c(C)c3CCC(=O)O)C(CCC(=O)O)=C2C)NC1=O. The third kappa shape index (κ3) is 6.58. The van der Waals surface area contributed by atoms with Crippen LogP contribution in [0.3, 0.4) is 0 Å². The number of carbonyl (C=O) groups is 4. The van der Waals surface area contributed by atoms with E-state index < -0.39 is 11.9 Å². The third-order valence-electron chi connectivity index (χ3n) is 9.09. The molecule has 2 amide bonds. The first kappa shape index (κ1) is 31.7. The molecule has 230 valence electrons. The molecule has 5 N–H and O–H groups in total. The second-order valence-electron chi connectivity index (χ2n) is 11.6. The van der Waals surface area contributed by atoms with Gasteiger partial charge in [-0.1, -0.05) is 13.8 Å². The lowest BCUT2D eigenvalue weighted by Gasteiger charge is -2.14. The highest BCUT2D eigenvalue weighted by molar-refractivity contribution is 6.07. The fourth-order valence-corrected chi connectivity index (χ4v) is 6.49. The summed E-state index contributed by atoms with van der Waals surface area (Å²) < 4.78 is 0. The van der Waals surface area contributed by atoms with Crippen LogP contribution >= 0.6 is 0 Å². The monoisotopic (exact) mass is 590 g/mol. The van der Waals surface area contributed by atoms with E-state index in [-0.39, 0.29) is 36.7 Å². The zero-order chi connectivity index (χ0) is 31.6. The molecule has 10 nitrogen and oxygen atoms in total. The number of amides is 2. The summed E-state index contributed by atoms with van der Waals surface area (Å²) in [6.07, 6.45) is 4.84. The molecule has 3 aliphatic rings. The molecule has 1 aromatic rings. The van der Waals surface area contributed by atoms with Gasteiger partial charge in [0.2, 0.25) is 11.8 Å². The Balaban J connectivity index is 1.74. The summed E-state index contributed by atoms with van der Waals surface area (Å²) in [5.41, 5.74) is 10.2. The second kappa shape index (κ2) is 13.0. The summed E-state index contributed by atoms with van der Waals surface area (Å²) in [6.45, 7) is 11.7. The van der Waals surface area contributed by atoms with Crippen molar-refractivity contribution in [3.05, 3.63) is 61.7 Å². The number of carbonyl (C=O) groups excluding carboxylic acids is 2. The number of aromatic amines is 1. The number of hydrogen-bond donors (Lipinski definition) is 5. The van der Waals surface area contributed by atoms with Crippen molar-refractivity contribution < 1.29 is 29.4 Å². The first-order valence-corrected chi connectivity index (χ1v) is 15.0. The number of aromatic nitrogens is 1. The normalized spacial score (nSPS) is 21.3. The highest BCUT2D eigenvalue weighted by Crippen LogP contribution is 2.35. The molecule has 0 radical (unpaired) electrons. The van der Waals surface area contributed by atoms with Crippen LogP contribution in [0, 0.1) is 6.92 Å². The summed E-state index contributed by atoms with van der Waals surface area (Å²) in [7, 11) is 0. The van der Waals surface area contributed by atoms with Crippen LogP contribution in [-0.4, -0.2) is 56.7 Å². The minimum Gasteiger partial charge on any atom is -0.481 e. The molecule has 1 aromatic heterocycles. The van der Waals surface area contributed by atoms with E-state index in [0.29, 0.717) is 37.8 Å². The van der Waals surface area contributed by atoms with E-state index in [1.165, 1.54) is 0 Å². The molecular weight excluding hydrogens is 548 g/mol. The largest absolute Gasteiger partial charge is 0.481 e. The van der Waals surface area contributed by atoms with Gasteiger partial charge in [0.15, 0.2) is 0 Å². The molecule has 10 heteroatoms. The van der Waals surface area contributed by atoms with Crippen LogP contribution in [-0.2, 0) is 32.0 Å².